The summed E-state index contributed by atoms with van der Waals surface area (Å²) < 4.78 is 27.3. The molecule has 3 rings (SSSR count). The Balaban J connectivity index is 1.64. The minimum Gasteiger partial charge on any atom is -0.325 e. The maximum atomic E-state index is 12.9. The van der Waals surface area contributed by atoms with Crippen molar-refractivity contribution in [3.05, 3.63) is 35.9 Å². The van der Waals surface area contributed by atoms with E-state index >= 15 is 0 Å². The molecule has 0 bridgehead atoms. The van der Waals surface area contributed by atoms with Crippen LogP contribution in [0.5, 0.6) is 0 Å². The molecule has 1 aromatic rings. The molecule has 0 saturated carbocycles. The zero-order chi connectivity index (χ0) is 18.9. The molecular formula is C17H24N4O4S. The van der Waals surface area contributed by atoms with Crippen LogP contribution in [0.15, 0.2) is 30.3 Å². The van der Waals surface area contributed by atoms with E-state index in [1.165, 1.54) is 28.9 Å². The van der Waals surface area contributed by atoms with Crippen molar-refractivity contribution in [2.75, 3.05) is 46.8 Å². The highest BCUT2D eigenvalue weighted by Crippen LogP contribution is 2.20. The van der Waals surface area contributed by atoms with Gasteiger partial charge in [0.15, 0.2) is 5.25 Å². The van der Waals surface area contributed by atoms with Gasteiger partial charge in [0.25, 0.3) is 5.91 Å². The van der Waals surface area contributed by atoms with Gasteiger partial charge in [0.05, 0.1) is 0 Å². The van der Waals surface area contributed by atoms with Gasteiger partial charge in [-0.25, -0.2) is 13.2 Å². The van der Waals surface area contributed by atoms with Gasteiger partial charge in [-0.05, 0) is 5.56 Å². The molecular weight excluding hydrogens is 356 g/mol. The summed E-state index contributed by atoms with van der Waals surface area (Å²) in [5.41, 5.74) is 1.19. The fourth-order valence-electron chi connectivity index (χ4n) is 3.36. The van der Waals surface area contributed by atoms with Crippen LogP contribution in [-0.4, -0.2) is 91.4 Å². The molecule has 2 fully saturated rings. The first-order chi connectivity index (χ1) is 12.3. The fourth-order valence-corrected chi connectivity index (χ4v) is 5.21. The molecule has 0 aliphatic carbocycles. The Morgan fingerprint density at radius 2 is 1.62 bits per heavy atom. The number of carbonyl (C=O) groups is 2. The lowest BCUT2D eigenvalue weighted by Gasteiger charge is -2.39. The lowest BCUT2D eigenvalue weighted by Crippen LogP contribution is -2.62. The zero-order valence-corrected chi connectivity index (χ0v) is 15.9. The summed E-state index contributed by atoms with van der Waals surface area (Å²) in [6.07, 6.45) is 0. The van der Waals surface area contributed by atoms with Gasteiger partial charge in [0, 0.05) is 53.4 Å². The Kier molecular flexibility index (Phi) is 5.31. The molecule has 2 heterocycles. The number of hydrogen-bond acceptors (Lipinski definition) is 5. The van der Waals surface area contributed by atoms with Gasteiger partial charge in [0.1, 0.15) is 0 Å². The molecule has 1 atom stereocenters. The molecule has 0 spiro atoms. The Hall–Kier alpha value is -1.97. The van der Waals surface area contributed by atoms with Crippen LogP contribution in [0.4, 0.5) is 4.79 Å². The summed E-state index contributed by atoms with van der Waals surface area (Å²) in [6.45, 7) is 2.59. The second kappa shape index (κ2) is 7.34. The molecule has 9 heteroatoms. The van der Waals surface area contributed by atoms with Crippen molar-refractivity contribution < 1.29 is 18.0 Å². The molecule has 2 aliphatic rings. The summed E-state index contributed by atoms with van der Waals surface area (Å²) in [4.78, 5) is 28.5. The van der Waals surface area contributed by atoms with Crippen molar-refractivity contribution in [3.8, 4) is 0 Å². The van der Waals surface area contributed by atoms with Crippen molar-refractivity contribution in [1.29, 1.82) is 0 Å². The van der Waals surface area contributed by atoms with E-state index in [2.05, 4.69) is 4.90 Å². The number of nitrogens with zero attached hydrogens (tertiary/aromatic N) is 4. The van der Waals surface area contributed by atoms with E-state index in [0.29, 0.717) is 26.2 Å². The first-order valence-corrected chi connectivity index (χ1v) is 10.1. The molecule has 0 N–H and O–H groups in total. The summed E-state index contributed by atoms with van der Waals surface area (Å²) in [5, 5.41) is -1.23. The van der Waals surface area contributed by atoms with E-state index in [4.69, 9.17) is 0 Å². The molecule has 3 amide bonds. The molecule has 142 valence electrons. The molecule has 1 aromatic carbocycles. The second-order valence-corrected chi connectivity index (χ2v) is 8.87. The first-order valence-electron chi connectivity index (χ1n) is 8.58. The topological polar surface area (TPSA) is 81.2 Å². The van der Waals surface area contributed by atoms with Crippen LogP contribution in [0.25, 0.3) is 0 Å². The monoisotopic (exact) mass is 380 g/mol. The van der Waals surface area contributed by atoms with Crippen LogP contribution in [0, 0.1) is 0 Å². The average Bonchev–Trinajstić information content (AvgIpc) is 2.64. The van der Waals surface area contributed by atoms with Crippen LogP contribution >= 0.6 is 0 Å². The van der Waals surface area contributed by atoms with Gasteiger partial charge >= 0.3 is 6.03 Å². The Bertz CT molecular complexity index is 775. The highest BCUT2D eigenvalue weighted by Gasteiger charge is 2.46. The third kappa shape index (κ3) is 3.60. The van der Waals surface area contributed by atoms with Crippen molar-refractivity contribution in [2.24, 2.45) is 0 Å². The van der Waals surface area contributed by atoms with Crippen molar-refractivity contribution >= 4 is 22.0 Å². The Morgan fingerprint density at radius 1 is 1.00 bits per heavy atom. The summed E-state index contributed by atoms with van der Waals surface area (Å²) in [6, 6.07) is 9.56. The van der Waals surface area contributed by atoms with Gasteiger partial charge in [-0.3, -0.25) is 14.6 Å². The van der Waals surface area contributed by atoms with Crippen LogP contribution in [-0.2, 0) is 21.4 Å². The number of imide groups is 1. The maximum absolute atomic E-state index is 12.9. The van der Waals surface area contributed by atoms with Crippen molar-refractivity contribution in [1.82, 2.24) is 19.0 Å². The van der Waals surface area contributed by atoms with Crippen LogP contribution < -0.4 is 0 Å². The lowest BCUT2D eigenvalue weighted by atomic mass is 10.2. The standard InChI is InChI=1S/C17H24N4O4S/c1-18-13-15(16(22)19(2)17(18)23)26(24,25)21-10-8-20(9-11-21)12-14-6-4-3-5-7-14/h3-7,15H,8-13H2,1-2H3. The van der Waals surface area contributed by atoms with E-state index in [1.807, 2.05) is 30.3 Å². The van der Waals surface area contributed by atoms with E-state index < -0.39 is 27.2 Å². The summed E-state index contributed by atoms with van der Waals surface area (Å²) in [7, 11) is -0.973. The SMILES string of the molecule is CN1CC(S(=O)(=O)N2CCN(Cc3ccccc3)CC2)C(=O)N(C)C1=O. The molecule has 0 aromatic heterocycles. The number of urea groups is 1. The van der Waals surface area contributed by atoms with Gasteiger partial charge < -0.3 is 4.90 Å². The summed E-state index contributed by atoms with van der Waals surface area (Å²) >= 11 is 0. The van der Waals surface area contributed by atoms with Crippen LogP contribution in [0.3, 0.4) is 0 Å². The molecule has 0 radical (unpaired) electrons. The average molecular weight is 380 g/mol. The van der Waals surface area contributed by atoms with E-state index in [0.717, 1.165) is 11.4 Å². The highest BCUT2D eigenvalue weighted by atomic mass is 32.2. The van der Waals surface area contributed by atoms with Crippen molar-refractivity contribution in [3.63, 3.8) is 0 Å². The fraction of sp³-hybridized carbons (Fsp3) is 0.529. The number of sulfonamides is 1. The first kappa shape index (κ1) is 18.8. The molecule has 1 unspecified atom stereocenters. The van der Waals surface area contributed by atoms with E-state index in [9.17, 15) is 18.0 Å². The number of amides is 3. The second-order valence-electron chi connectivity index (χ2n) is 6.75. The zero-order valence-electron chi connectivity index (χ0n) is 15.0. The van der Waals surface area contributed by atoms with Gasteiger partial charge in [-0.2, -0.15) is 4.31 Å². The van der Waals surface area contributed by atoms with E-state index in [1.54, 1.807) is 0 Å². The van der Waals surface area contributed by atoms with Gasteiger partial charge in [-0.15, -0.1) is 0 Å². The van der Waals surface area contributed by atoms with Crippen LogP contribution in [0.2, 0.25) is 0 Å². The maximum Gasteiger partial charge on any atom is 0.326 e. The predicted molar refractivity (Wildman–Crippen MR) is 96.8 cm³/mol. The number of rotatable bonds is 4. The molecule has 26 heavy (non-hydrogen) atoms. The molecule has 2 aliphatic heterocycles. The Morgan fingerprint density at radius 3 is 2.23 bits per heavy atom. The predicted octanol–water partition coefficient (Wildman–Crippen LogP) is 0.0264. The third-order valence-electron chi connectivity index (χ3n) is 4.96. The quantitative estimate of drug-likeness (QED) is 0.736. The smallest absolute Gasteiger partial charge is 0.325 e. The minimum absolute atomic E-state index is 0.103. The van der Waals surface area contributed by atoms with E-state index in [-0.39, 0.29) is 6.54 Å². The normalized spacial score (nSPS) is 23.5. The highest BCUT2D eigenvalue weighted by molar-refractivity contribution is 7.90. The minimum atomic E-state index is -3.80. The number of benzene rings is 1. The number of carbonyl (C=O) groups excluding carboxylic acids is 2. The lowest BCUT2D eigenvalue weighted by molar-refractivity contribution is -0.129. The largest absolute Gasteiger partial charge is 0.326 e. The van der Waals surface area contributed by atoms with Crippen LogP contribution in [0.1, 0.15) is 5.56 Å². The third-order valence-corrected chi connectivity index (χ3v) is 7.11. The molecule has 2 saturated heterocycles. The van der Waals surface area contributed by atoms with Gasteiger partial charge in [0.2, 0.25) is 10.0 Å². The Labute approximate surface area is 154 Å². The molecule has 8 nitrogen and oxygen atoms in total. The van der Waals surface area contributed by atoms with Gasteiger partial charge in [-0.1, -0.05) is 30.3 Å². The summed E-state index contributed by atoms with van der Waals surface area (Å²) in [5.74, 6) is -0.653. The number of hydrogen-bond donors (Lipinski definition) is 0. The van der Waals surface area contributed by atoms with Crippen molar-refractivity contribution in [2.45, 2.75) is 11.8 Å². The number of piperazine rings is 1.